The van der Waals surface area contributed by atoms with Gasteiger partial charge in [-0.15, -0.1) is 0 Å². The molecule has 1 aromatic carbocycles. The summed E-state index contributed by atoms with van der Waals surface area (Å²) in [6.07, 6.45) is 1.49. The van der Waals surface area contributed by atoms with Crippen LogP contribution in [0.15, 0.2) is 18.5 Å². The molecule has 1 unspecified atom stereocenters. The van der Waals surface area contributed by atoms with E-state index < -0.39 is 0 Å². The highest BCUT2D eigenvalue weighted by Crippen LogP contribution is 2.39. The van der Waals surface area contributed by atoms with Crippen molar-refractivity contribution in [1.29, 1.82) is 0 Å². The molecule has 0 amide bonds. The molecule has 0 saturated heterocycles. The van der Waals surface area contributed by atoms with Gasteiger partial charge in [0, 0.05) is 12.1 Å². The molecular formula is C14H20N4O3. The minimum atomic E-state index is 0.0466. The van der Waals surface area contributed by atoms with Crippen LogP contribution in [0.1, 0.15) is 24.4 Å². The number of nitrogens with zero attached hydrogens (tertiary/aromatic N) is 2. The topological polar surface area (TPSA) is 81.3 Å². The lowest BCUT2D eigenvalue weighted by atomic mass is 10.1. The number of benzene rings is 1. The number of H-pyrrole nitrogens is 1. The van der Waals surface area contributed by atoms with Gasteiger partial charge >= 0.3 is 0 Å². The van der Waals surface area contributed by atoms with E-state index in [1.807, 2.05) is 19.1 Å². The molecule has 0 spiro atoms. The van der Waals surface area contributed by atoms with E-state index >= 15 is 0 Å². The summed E-state index contributed by atoms with van der Waals surface area (Å²) >= 11 is 0. The second-order valence-corrected chi connectivity index (χ2v) is 4.47. The second kappa shape index (κ2) is 6.94. The van der Waals surface area contributed by atoms with Gasteiger partial charge in [-0.1, -0.05) is 6.07 Å². The van der Waals surface area contributed by atoms with Crippen molar-refractivity contribution in [1.82, 2.24) is 20.5 Å². The van der Waals surface area contributed by atoms with E-state index in [9.17, 15) is 0 Å². The summed E-state index contributed by atoms with van der Waals surface area (Å²) in [5.74, 6) is 2.68. The van der Waals surface area contributed by atoms with Crippen LogP contribution in [0.5, 0.6) is 17.2 Å². The van der Waals surface area contributed by atoms with Gasteiger partial charge in [0.1, 0.15) is 12.2 Å². The Labute approximate surface area is 123 Å². The monoisotopic (exact) mass is 292 g/mol. The van der Waals surface area contributed by atoms with Crippen LogP contribution < -0.4 is 19.5 Å². The first-order valence-corrected chi connectivity index (χ1v) is 6.57. The van der Waals surface area contributed by atoms with Crippen LogP contribution in [0.2, 0.25) is 0 Å². The molecule has 2 rings (SSSR count). The van der Waals surface area contributed by atoms with Crippen molar-refractivity contribution in [2.24, 2.45) is 0 Å². The number of hydrogen-bond donors (Lipinski definition) is 2. The van der Waals surface area contributed by atoms with Gasteiger partial charge < -0.3 is 19.5 Å². The van der Waals surface area contributed by atoms with Crippen molar-refractivity contribution < 1.29 is 14.2 Å². The van der Waals surface area contributed by atoms with Gasteiger partial charge in [0.25, 0.3) is 0 Å². The lowest BCUT2D eigenvalue weighted by Crippen LogP contribution is -2.19. The molecule has 0 radical (unpaired) electrons. The van der Waals surface area contributed by atoms with Gasteiger partial charge in [-0.2, -0.15) is 5.10 Å². The minimum absolute atomic E-state index is 0.0466. The maximum atomic E-state index is 5.45. The SMILES string of the molecule is COc1ccc(CNC(C)c2ncn[nH]2)c(OC)c1OC. The van der Waals surface area contributed by atoms with Crippen LogP contribution in [0.3, 0.4) is 0 Å². The number of aromatic amines is 1. The minimum Gasteiger partial charge on any atom is -0.493 e. The van der Waals surface area contributed by atoms with E-state index in [1.165, 1.54) is 6.33 Å². The van der Waals surface area contributed by atoms with Gasteiger partial charge in [-0.3, -0.25) is 5.10 Å². The normalized spacial score (nSPS) is 12.0. The predicted molar refractivity (Wildman–Crippen MR) is 77.7 cm³/mol. The van der Waals surface area contributed by atoms with Gasteiger partial charge in [-0.05, 0) is 13.0 Å². The Bertz CT molecular complexity index is 572. The number of ether oxygens (including phenoxy) is 3. The fourth-order valence-corrected chi connectivity index (χ4v) is 2.09. The summed E-state index contributed by atoms with van der Waals surface area (Å²) in [7, 11) is 4.80. The fourth-order valence-electron chi connectivity index (χ4n) is 2.09. The molecule has 2 N–H and O–H groups in total. The number of nitrogens with one attached hydrogen (secondary N) is 2. The fraction of sp³-hybridized carbons (Fsp3) is 0.429. The van der Waals surface area contributed by atoms with E-state index in [2.05, 4.69) is 20.5 Å². The highest BCUT2D eigenvalue weighted by Gasteiger charge is 2.16. The third kappa shape index (κ3) is 3.25. The maximum absolute atomic E-state index is 5.45. The molecule has 0 aliphatic rings. The van der Waals surface area contributed by atoms with Crippen LogP contribution in [-0.2, 0) is 6.54 Å². The van der Waals surface area contributed by atoms with Crippen LogP contribution in [0.25, 0.3) is 0 Å². The Kier molecular flexibility index (Phi) is 4.99. The van der Waals surface area contributed by atoms with Crippen molar-refractivity contribution in [3.63, 3.8) is 0 Å². The number of rotatable bonds is 7. The van der Waals surface area contributed by atoms with Crippen molar-refractivity contribution >= 4 is 0 Å². The van der Waals surface area contributed by atoms with Gasteiger partial charge in [0.05, 0.1) is 27.4 Å². The first-order chi connectivity index (χ1) is 10.2. The third-order valence-corrected chi connectivity index (χ3v) is 3.23. The molecule has 0 saturated carbocycles. The Balaban J connectivity index is 2.16. The second-order valence-electron chi connectivity index (χ2n) is 4.47. The van der Waals surface area contributed by atoms with Gasteiger partial charge in [0.2, 0.25) is 5.75 Å². The van der Waals surface area contributed by atoms with E-state index in [4.69, 9.17) is 14.2 Å². The summed E-state index contributed by atoms with van der Waals surface area (Å²) < 4.78 is 16.1. The molecule has 7 heteroatoms. The van der Waals surface area contributed by atoms with E-state index in [0.29, 0.717) is 23.8 Å². The smallest absolute Gasteiger partial charge is 0.203 e. The number of methoxy groups -OCH3 is 3. The molecule has 7 nitrogen and oxygen atoms in total. The van der Waals surface area contributed by atoms with Crippen LogP contribution in [0.4, 0.5) is 0 Å². The van der Waals surface area contributed by atoms with Crippen LogP contribution >= 0.6 is 0 Å². The van der Waals surface area contributed by atoms with Crippen molar-refractivity contribution in [3.8, 4) is 17.2 Å². The first-order valence-electron chi connectivity index (χ1n) is 6.57. The molecule has 114 valence electrons. The third-order valence-electron chi connectivity index (χ3n) is 3.23. The molecular weight excluding hydrogens is 272 g/mol. The average Bonchev–Trinajstić information content (AvgIpc) is 3.05. The highest BCUT2D eigenvalue weighted by atomic mass is 16.5. The molecule has 1 heterocycles. The number of hydrogen-bond acceptors (Lipinski definition) is 6. The van der Waals surface area contributed by atoms with E-state index in [-0.39, 0.29) is 6.04 Å². The zero-order chi connectivity index (χ0) is 15.2. The summed E-state index contributed by atoms with van der Waals surface area (Å²) in [6, 6.07) is 3.85. The van der Waals surface area contributed by atoms with Crippen LogP contribution in [0, 0.1) is 0 Å². The Morgan fingerprint density at radius 2 is 1.90 bits per heavy atom. The van der Waals surface area contributed by atoms with Crippen LogP contribution in [-0.4, -0.2) is 36.5 Å². The lowest BCUT2D eigenvalue weighted by Gasteiger charge is -2.17. The molecule has 0 bridgehead atoms. The summed E-state index contributed by atoms with van der Waals surface area (Å²) in [4.78, 5) is 4.13. The Morgan fingerprint density at radius 1 is 1.14 bits per heavy atom. The van der Waals surface area contributed by atoms with Gasteiger partial charge in [0.15, 0.2) is 11.5 Å². The first kappa shape index (κ1) is 15.1. The summed E-state index contributed by atoms with van der Waals surface area (Å²) in [5, 5.41) is 10.0. The molecule has 21 heavy (non-hydrogen) atoms. The summed E-state index contributed by atoms with van der Waals surface area (Å²) in [5.41, 5.74) is 0.974. The molecule has 1 atom stereocenters. The molecule has 2 aromatic rings. The van der Waals surface area contributed by atoms with E-state index in [0.717, 1.165) is 11.4 Å². The molecule has 0 fully saturated rings. The predicted octanol–water partition coefficient (Wildman–Crippen LogP) is 1.68. The number of aromatic nitrogens is 3. The summed E-state index contributed by atoms with van der Waals surface area (Å²) in [6.45, 7) is 2.61. The van der Waals surface area contributed by atoms with Crippen molar-refractivity contribution in [2.75, 3.05) is 21.3 Å². The maximum Gasteiger partial charge on any atom is 0.203 e. The Morgan fingerprint density at radius 3 is 2.48 bits per heavy atom. The van der Waals surface area contributed by atoms with Gasteiger partial charge in [-0.25, -0.2) is 4.98 Å². The highest BCUT2D eigenvalue weighted by molar-refractivity contribution is 5.55. The van der Waals surface area contributed by atoms with E-state index in [1.54, 1.807) is 21.3 Å². The molecule has 0 aliphatic carbocycles. The Hall–Kier alpha value is -2.28. The zero-order valence-corrected chi connectivity index (χ0v) is 12.6. The zero-order valence-electron chi connectivity index (χ0n) is 12.6. The molecule has 0 aliphatic heterocycles. The lowest BCUT2D eigenvalue weighted by molar-refractivity contribution is 0.321. The van der Waals surface area contributed by atoms with Crippen molar-refractivity contribution in [2.45, 2.75) is 19.5 Å². The largest absolute Gasteiger partial charge is 0.493 e. The van der Waals surface area contributed by atoms with Crippen molar-refractivity contribution in [3.05, 3.63) is 29.8 Å². The standard InChI is InChI=1S/C14H20N4O3/c1-9(14-16-8-17-18-14)15-7-10-5-6-11(19-2)13(21-4)12(10)20-3/h5-6,8-9,15H,7H2,1-4H3,(H,16,17,18). The molecule has 1 aromatic heterocycles. The quantitative estimate of drug-likeness (QED) is 0.808. The average molecular weight is 292 g/mol.